The molecule has 11 heteroatoms. The lowest BCUT2D eigenvalue weighted by Crippen LogP contribution is -2.32. The number of amides is 1. The molecule has 0 aliphatic rings. The van der Waals surface area contributed by atoms with Crippen molar-refractivity contribution in [2.45, 2.75) is 26.8 Å². The summed E-state index contributed by atoms with van der Waals surface area (Å²) in [5.41, 5.74) is 0.415. The maximum atomic E-state index is 12.9. The highest BCUT2D eigenvalue weighted by Crippen LogP contribution is 2.39. The predicted molar refractivity (Wildman–Crippen MR) is 126 cm³/mol. The van der Waals surface area contributed by atoms with Crippen LogP contribution in [0, 0.1) is 0 Å². The van der Waals surface area contributed by atoms with Crippen LogP contribution in [0.2, 0.25) is 10.0 Å². The molecular weight excluding hydrogens is 473 g/mol. The van der Waals surface area contributed by atoms with E-state index in [4.69, 9.17) is 42.1 Å². The number of carbonyl (C=O) groups is 2. The minimum absolute atomic E-state index is 0.202. The van der Waals surface area contributed by atoms with Crippen molar-refractivity contribution in [1.82, 2.24) is 0 Å². The molecule has 33 heavy (non-hydrogen) atoms. The second-order valence-electron chi connectivity index (χ2n) is 6.52. The molecule has 0 spiro atoms. The molecule has 1 atom stereocenters. The summed E-state index contributed by atoms with van der Waals surface area (Å²) < 4.78 is 21.6. The van der Waals surface area contributed by atoms with E-state index in [1.165, 1.54) is 45.4 Å². The predicted octanol–water partition coefficient (Wildman–Crippen LogP) is 5.49. The van der Waals surface area contributed by atoms with Gasteiger partial charge >= 0.3 is 0 Å². The van der Waals surface area contributed by atoms with Gasteiger partial charge in [-0.3, -0.25) is 9.59 Å². The average molecular weight is 498 g/mol. The molecule has 0 saturated heterocycles. The van der Waals surface area contributed by atoms with Crippen molar-refractivity contribution in [3.05, 3.63) is 34.3 Å². The Kier molecular flexibility index (Phi) is 9.74. The molecule has 0 fully saturated rings. The lowest BCUT2D eigenvalue weighted by Gasteiger charge is -2.16. The third-order valence-electron chi connectivity index (χ3n) is 4.25. The number of nitrogens with one attached hydrogen (secondary N) is 1. The molecule has 0 aliphatic heterocycles. The smallest absolute Gasteiger partial charge is 0.259 e. The van der Waals surface area contributed by atoms with Gasteiger partial charge in [0.05, 0.1) is 32.5 Å². The summed E-state index contributed by atoms with van der Waals surface area (Å²) >= 11 is 12.3. The number of hydrogen-bond donors (Lipinski definition) is 1. The topological polar surface area (TPSA) is 108 Å². The summed E-state index contributed by atoms with van der Waals surface area (Å²) in [4.78, 5) is 25.1. The molecule has 1 amide bonds. The number of rotatable bonds is 11. The van der Waals surface area contributed by atoms with Crippen LogP contribution in [0.25, 0.3) is 0 Å². The SMILES string of the molecule is CCOc1cc(Cl)c(N=NC(C(C)=O)C(=O)Nc2c(OC)cc(Cl)cc2OC)cc1OCC. The van der Waals surface area contributed by atoms with Crippen molar-refractivity contribution in [3.8, 4) is 23.0 Å². The number of halogens is 2. The number of carbonyl (C=O) groups excluding carboxylic acids is 2. The van der Waals surface area contributed by atoms with Gasteiger partial charge in [0.2, 0.25) is 6.04 Å². The molecule has 0 saturated carbocycles. The van der Waals surface area contributed by atoms with E-state index in [1.807, 2.05) is 13.8 Å². The first-order valence-corrected chi connectivity index (χ1v) is 10.7. The van der Waals surface area contributed by atoms with Gasteiger partial charge in [0.25, 0.3) is 5.91 Å². The molecule has 0 radical (unpaired) electrons. The summed E-state index contributed by atoms with van der Waals surface area (Å²) in [5.74, 6) is 0.0986. The van der Waals surface area contributed by atoms with E-state index in [2.05, 4.69) is 15.5 Å². The first kappa shape index (κ1) is 26.2. The summed E-state index contributed by atoms with van der Waals surface area (Å²) in [7, 11) is 2.82. The Morgan fingerprint density at radius 2 is 1.48 bits per heavy atom. The fourth-order valence-electron chi connectivity index (χ4n) is 2.77. The Balaban J connectivity index is 2.36. The second kappa shape index (κ2) is 12.3. The van der Waals surface area contributed by atoms with E-state index in [0.29, 0.717) is 29.7 Å². The fourth-order valence-corrected chi connectivity index (χ4v) is 3.16. The minimum Gasteiger partial charge on any atom is -0.494 e. The van der Waals surface area contributed by atoms with Crippen LogP contribution in [-0.2, 0) is 9.59 Å². The van der Waals surface area contributed by atoms with Crippen molar-refractivity contribution < 1.29 is 28.5 Å². The van der Waals surface area contributed by atoms with Crippen molar-refractivity contribution in [2.75, 3.05) is 32.8 Å². The quantitative estimate of drug-likeness (QED) is 0.324. The van der Waals surface area contributed by atoms with Crippen LogP contribution in [0.4, 0.5) is 11.4 Å². The van der Waals surface area contributed by atoms with Crippen LogP contribution >= 0.6 is 23.2 Å². The van der Waals surface area contributed by atoms with Crippen LogP contribution in [0.5, 0.6) is 23.0 Å². The van der Waals surface area contributed by atoms with Gasteiger partial charge in [-0.05, 0) is 20.8 Å². The number of Topliss-reactive ketones (excluding diaryl/α,β-unsaturated/α-hetero) is 1. The maximum Gasteiger partial charge on any atom is 0.259 e. The van der Waals surface area contributed by atoms with Gasteiger partial charge in [-0.2, -0.15) is 10.2 Å². The zero-order chi connectivity index (χ0) is 24.5. The molecule has 2 aromatic carbocycles. The number of anilines is 1. The lowest BCUT2D eigenvalue weighted by molar-refractivity contribution is -0.126. The Hall–Kier alpha value is -3.04. The Morgan fingerprint density at radius 1 is 0.939 bits per heavy atom. The van der Waals surface area contributed by atoms with Gasteiger partial charge in [-0.25, -0.2) is 0 Å². The first-order valence-electron chi connectivity index (χ1n) is 9.98. The largest absolute Gasteiger partial charge is 0.494 e. The average Bonchev–Trinajstić information content (AvgIpc) is 2.77. The highest BCUT2D eigenvalue weighted by molar-refractivity contribution is 6.33. The molecule has 178 valence electrons. The number of benzene rings is 2. The van der Waals surface area contributed by atoms with Crippen LogP contribution < -0.4 is 24.3 Å². The Bertz CT molecular complexity index is 1020. The number of ketones is 1. The fraction of sp³-hybridized carbons (Fsp3) is 0.364. The van der Waals surface area contributed by atoms with Gasteiger partial charge < -0.3 is 24.3 Å². The van der Waals surface area contributed by atoms with Crippen molar-refractivity contribution in [1.29, 1.82) is 0 Å². The van der Waals surface area contributed by atoms with E-state index in [-0.39, 0.29) is 27.9 Å². The molecule has 2 aromatic rings. The number of nitrogens with zero attached hydrogens (tertiary/aromatic N) is 2. The minimum atomic E-state index is -1.45. The van der Waals surface area contributed by atoms with E-state index in [0.717, 1.165) is 0 Å². The molecule has 9 nitrogen and oxygen atoms in total. The zero-order valence-corrected chi connectivity index (χ0v) is 20.4. The number of ether oxygens (including phenoxy) is 4. The molecule has 0 aliphatic carbocycles. The molecule has 1 N–H and O–H groups in total. The monoisotopic (exact) mass is 497 g/mol. The van der Waals surface area contributed by atoms with Gasteiger partial charge in [0, 0.05) is 29.3 Å². The van der Waals surface area contributed by atoms with E-state index in [9.17, 15) is 9.59 Å². The van der Waals surface area contributed by atoms with Crippen LogP contribution in [-0.4, -0.2) is 45.2 Å². The second-order valence-corrected chi connectivity index (χ2v) is 7.36. The molecule has 1 unspecified atom stereocenters. The molecule has 0 bridgehead atoms. The molecular formula is C22H25Cl2N3O6. The highest BCUT2D eigenvalue weighted by Gasteiger charge is 2.26. The van der Waals surface area contributed by atoms with Crippen LogP contribution in [0.1, 0.15) is 20.8 Å². The molecule has 0 aromatic heterocycles. The molecule has 2 rings (SSSR count). The summed E-state index contributed by atoms with van der Waals surface area (Å²) in [6, 6.07) is 4.61. The van der Waals surface area contributed by atoms with Gasteiger partial charge in [0.1, 0.15) is 22.9 Å². The standard InChI is InChI=1S/C22H25Cl2N3O6/c1-6-32-16-10-14(24)15(11-17(16)33-7-2)26-27-20(12(3)28)22(29)25-21-18(30-4)8-13(23)9-19(21)31-5/h8-11,20H,6-7H2,1-5H3,(H,25,29). The van der Waals surface area contributed by atoms with E-state index >= 15 is 0 Å². The third kappa shape index (κ3) is 6.72. The number of methoxy groups -OCH3 is 2. The van der Waals surface area contributed by atoms with Crippen molar-refractivity contribution >= 4 is 46.3 Å². The van der Waals surface area contributed by atoms with E-state index in [1.54, 1.807) is 0 Å². The van der Waals surface area contributed by atoms with Gasteiger partial charge in [-0.1, -0.05) is 23.2 Å². The summed E-state index contributed by atoms with van der Waals surface area (Å²) in [6.45, 7) is 5.69. The maximum absolute atomic E-state index is 12.9. The molecule has 0 heterocycles. The summed E-state index contributed by atoms with van der Waals surface area (Å²) in [6.07, 6.45) is 0. The first-order chi connectivity index (χ1) is 15.7. The number of hydrogen-bond acceptors (Lipinski definition) is 8. The van der Waals surface area contributed by atoms with E-state index < -0.39 is 17.7 Å². The van der Waals surface area contributed by atoms with Gasteiger partial charge in [0.15, 0.2) is 17.3 Å². The third-order valence-corrected chi connectivity index (χ3v) is 4.77. The van der Waals surface area contributed by atoms with Crippen LogP contribution in [0.15, 0.2) is 34.5 Å². The number of azo groups is 1. The lowest BCUT2D eigenvalue weighted by atomic mass is 10.2. The summed E-state index contributed by atoms with van der Waals surface area (Å²) in [5, 5.41) is 11.1. The zero-order valence-electron chi connectivity index (χ0n) is 18.9. The normalized spacial score (nSPS) is 11.7. The van der Waals surface area contributed by atoms with Crippen LogP contribution in [0.3, 0.4) is 0 Å². The Morgan fingerprint density at radius 3 is 1.97 bits per heavy atom. The highest BCUT2D eigenvalue weighted by atomic mass is 35.5. The Labute approximate surface area is 202 Å². The van der Waals surface area contributed by atoms with Gasteiger partial charge in [-0.15, -0.1) is 0 Å². The van der Waals surface area contributed by atoms with Crippen molar-refractivity contribution in [3.63, 3.8) is 0 Å². The van der Waals surface area contributed by atoms with Crippen molar-refractivity contribution in [2.24, 2.45) is 10.2 Å².